The number of nitrogens with two attached hydrogens (primary N) is 1. The van der Waals surface area contributed by atoms with E-state index in [0.29, 0.717) is 6.54 Å². The summed E-state index contributed by atoms with van der Waals surface area (Å²) in [6, 6.07) is 7.82. The first kappa shape index (κ1) is 12.1. The molecule has 0 atom stereocenters. The molecule has 0 amide bonds. The first-order chi connectivity index (χ1) is 9.15. The van der Waals surface area contributed by atoms with Gasteiger partial charge in [-0.2, -0.15) is 0 Å². The molecule has 0 aliphatic carbocycles. The minimum atomic E-state index is -0.348. The number of halogens is 1. The van der Waals surface area contributed by atoms with Crippen molar-refractivity contribution in [1.82, 2.24) is 14.5 Å². The highest BCUT2D eigenvalue weighted by Crippen LogP contribution is 2.22. The molecule has 2 N–H and O–H groups in total. The molecular formula is C12H9ClN4OS. The number of fused-ring (bicyclic) bond motifs is 1. The Labute approximate surface area is 117 Å². The lowest BCUT2D eigenvalue weighted by Crippen LogP contribution is -2.24. The average Bonchev–Trinajstić information content (AvgIpc) is 2.82. The highest BCUT2D eigenvalue weighted by molar-refractivity contribution is 7.18. The predicted molar refractivity (Wildman–Crippen MR) is 76.6 cm³/mol. The Morgan fingerprint density at radius 3 is 2.95 bits per heavy atom. The van der Waals surface area contributed by atoms with Crippen LogP contribution in [0.15, 0.2) is 35.4 Å². The molecule has 19 heavy (non-hydrogen) atoms. The molecule has 0 aliphatic rings. The molecule has 1 aromatic carbocycles. The van der Waals surface area contributed by atoms with Crippen molar-refractivity contribution in [2.45, 2.75) is 6.54 Å². The van der Waals surface area contributed by atoms with E-state index in [1.165, 1.54) is 22.2 Å². The van der Waals surface area contributed by atoms with Crippen LogP contribution in [0.2, 0.25) is 5.15 Å². The number of hydrogen-bond acceptors (Lipinski definition) is 5. The number of thiazole rings is 1. The topological polar surface area (TPSA) is 73.8 Å². The molecule has 0 saturated carbocycles. The third-order valence-corrected chi connectivity index (χ3v) is 3.99. The Kier molecular flexibility index (Phi) is 2.96. The normalized spacial score (nSPS) is 11.0. The third-order valence-electron chi connectivity index (χ3n) is 2.67. The van der Waals surface area contributed by atoms with Gasteiger partial charge in [0.1, 0.15) is 10.7 Å². The van der Waals surface area contributed by atoms with Crippen molar-refractivity contribution in [3.8, 4) is 0 Å². The number of rotatable bonds is 2. The van der Waals surface area contributed by atoms with E-state index < -0.39 is 0 Å². The van der Waals surface area contributed by atoms with Crippen LogP contribution in [0.1, 0.15) is 5.01 Å². The van der Waals surface area contributed by atoms with Gasteiger partial charge >= 0.3 is 0 Å². The number of benzene rings is 1. The van der Waals surface area contributed by atoms with Gasteiger partial charge < -0.3 is 5.73 Å². The van der Waals surface area contributed by atoms with Crippen LogP contribution in [0.25, 0.3) is 10.2 Å². The molecule has 96 valence electrons. The van der Waals surface area contributed by atoms with Crippen LogP contribution in [0.3, 0.4) is 0 Å². The number of anilines is 1. The highest BCUT2D eigenvalue weighted by atomic mass is 35.5. The van der Waals surface area contributed by atoms with Gasteiger partial charge in [-0.25, -0.2) is 9.97 Å². The van der Waals surface area contributed by atoms with E-state index >= 15 is 0 Å². The first-order valence-corrected chi connectivity index (χ1v) is 6.69. The number of hydrogen-bond donors (Lipinski definition) is 1. The van der Waals surface area contributed by atoms with Crippen LogP contribution < -0.4 is 11.3 Å². The predicted octanol–water partition coefficient (Wildman–Crippen LogP) is 2.14. The highest BCUT2D eigenvalue weighted by Gasteiger charge is 2.09. The maximum atomic E-state index is 11.9. The van der Waals surface area contributed by atoms with Crippen LogP contribution in [0.4, 0.5) is 5.69 Å². The SMILES string of the molecule is Nc1c(Cl)ncn(Cc2nc3ccccc3s2)c1=O. The second-order valence-electron chi connectivity index (χ2n) is 3.96. The lowest BCUT2D eigenvalue weighted by molar-refractivity contribution is 0.736. The summed E-state index contributed by atoms with van der Waals surface area (Å²) < 4.78 is 2.49. The van der Waals surface area contributed by atoms with Crippen molar-refractivity contribution in [3.05, 3.63) is 51.1 Å². The summed E-state index contributed by atoms with van der Waals surface area (Å²) in [4.78, 5) is 20.2. The summed E-state index contributed by atoms with van der Waals surface area (Å²) in [6.45, 7) is 0.340. The molecule has 7 heteroatoms. The van der Waals surface area contributed by atoms with Crippen molar-refractivity contribution in [3.63, 3.8) is 0 Å². The van der Waals surface area contributed by atoms with Crippen LogP contribution in [0, 0.1) is 0 Å². The average molecular weight is 293 g/mol. The fourth-order valence-corrected chi connectivity index (χ4v) is 2.82. The van der Waals surface area contributed by atoms with E-state index in [2.05, 4.69) is 9.97 Å². The van der Waals surface area contributed by atoms with Gasteiger partial charge in [0, 0.05) is 0 Å². The Morgan fingerprint density at radius 2 is 2.16 bits per heavy atom. The number of nitrogen functional groups attached to an aromatic ring is 1. The molecule has 3 rings (SSSR count). The van der Waals surface area contributed by atoms with Crippen LogP contribution >= 0.6 is 22.9 Å². The summed E-state index contributed by atoms with van der Waals surface area (Å²) in [5.41, 5.74) is 6.10. The quantitative estimate of drug-likeness (QED) is 0.734. The molecule has 3 aromatic rings. The second kappa shape index (κ2) is 4.64. The van der Waals surface area contributed by atoms with E-state index in [1.54, 1.807) is 0 Å². The molecule has 0 spiro atoms. The van der Waals surface area contributed by atoms with Gasteiger partial charge in [0.25, 0.3) is 5.56 Å². The van der Waals surface area contributed by atoms with Crippen LogP contribution in [0.5, 0.6) is 0 Å². The maximum absolute atomic E-state index is 11.9. The summed E-state index contributed by atoms with van der Waals surface area (Å²) in [7, 11) is 0. The third kappa shape index (κ3) is 2.20. The Morgan fingerprint density at radius 1 is 1.37 bits per heavy atom. The van der Waals surface area contributed by atoms with Gasteiger partial charge in [-0.3, -0.25) is 9.36 Å². The van der Waals surface area contributed by atoms with E-state index in [9.17, 15) is 4.79 Å². The zero-order valence-electron chi connectivity index (χ0n) is 9.71. The van der Waals surface area contributed by atoms with Crippen molar-refractivity contribution < 1.29 is 0 Å². The van der Waals surface area contributed by atoms with E-state index in [4.69, 9.17) is 17.3 Å². The monoisotopic (exact) mass is 292 g/mol. The van der Waals surface area contributed by atoms with Crippen LogP contribution in [-0.4, -0.2) is 14.5 Å². The standard InChI is InChI=1S/C12H9ClN4OS/c13-11-10(14)12(18)17(6-15-11)5-9-16-7-3-1-2-4-8(7)19-9/h1-4,6H,5,14H2. The van der Waals surface area contributed by atoms with E-state index in [-0.39, 0.29) is 16.4 Å². The summed E-state index contributed by atoms with van der Waals surface area (Å²) in [6.07, 6.45) is 1.38. The molecule has 0 radical (unpaired) electrons. The molecule has 5 nitrogen and oxygen atoms in total. The fraction of sp³-hybridized carbons (Fsp3) is 0.0833. The maximum Gasteiger partial charge on any atom is 0.278 e. The minimum Gasteiger partial charge on any atom is -0.392 e. The van der Waals surface area contributed by atoms with Gasteiger partial charge in [-0.1, -0.05) is 23.7 Å². The fourth-order valence-electron chi connectivity index (χ4n) is 1.73. The first-order valence-electron chi connectivity index (χ1n) is 5.50. The summed E-state index contributed by atoms with van der Waals surface area (Å²) in [5.74, 6) is 0. The molecule has 0 bridgehead atoms. The lowest BCUT2D eigenvalue weighted by atomic mass is 10.3. The van der Waals surface area contributed by atoms with Crippen LogP contribution in [-0.2, 0) is 6.54 Å². The van der Waals surface area contributed by atoms with Gasteiger partial charge in [0.2, 0.25) is 0 Å². The smallest absolute Gasteiger partial charge is 0.278 e. The van der Waals surface area contributed by atoms with Gasteiger partial charge in [0.15, 0.2) is 5.15 Å². The van der Waals surface area contributed by atoms with E-state index in [1.807, 2.05) is 24.3 Å². The van der Waals surface area contributed by atoms with Gasteiger partial charge in [-0.15, -0.1) is 11.3 Å². The number of aromatic nitrogens is 3. The largest absolute Gasteiger partial charge is 0.392 e. The van der Waals surface area contributed by atoms with Crippen molar-refractivity contribution >= 4 is 38.8 Å². The molecule has 0 saturated heterocycles. The van der Waals surface area contributed by atoms with E-state index in [0.717, 1.165) is 15.2 Å². The summed E-state index contributed by atoms with van der Waals surface area (Å²) in [5, 5.41) is 0.859. The lowest BCUT2D eigenvalue weighted by Gasteiger charge is -2.03. The van der Waals surface area contributed by atoms with Gasteiger partial charge in [0.05, 0.1) is 23.1 Å². The summed E-state index contributed by atoms with van der Waals surface area (Å²) >= 11 is 7.23. The molecule has 0 aliphatic heterocycles. The Balaban J connectivity index is 2.01. The Hall–Kier alpha value is -1.92. The molecule has 2 aromatic heterocycles. The second-order valence-corrected chi connectivity index (χ2v) is 5.43. The zero-order chi connectivity index (χ0) is 13.4. The molecular weight excluding hydrogens is 284 g/mol. The van der Waals surface area contributed by atoms with Crippen molar-refractivity contribution in [1.29, 1.82) is 0 Å². The number of para-hydroxylation sites is 1. The van der Waals surface area contributed by atoms with Crippen molar-refractivity contribution in [2.75, 3.05) is 5.73 Å². The van der Waals surface area contributed by atoms with Gasteiger partial charge in [-0.05, 0) is 12.1 Å². The minimum absolute atomic E-state index is 0.0329. The van der Waals surface area contributed by atoms with Crippen molar-refractivity contribution in [2.24, 2.45) is 0 Å². The number of nitrogens with zero attached hydrogens (tertiary/aromatic N) is 3. The molecule has 0 unspecified atom stereocenters. The zero-order valence-corrected chi connectivity index (χ0v) is 11.3. The Bertz CT molecular complexity index is 778. The molecule has 0 fully saturated rings. The molecule has 2 heterocycles.